The van der Waals surface area contributed by atoms with Crippen LogP contribution >= 0.6 is 0 Å². The number of nitrogens with two attached hydrogens (primary N) is 1. The van der Waals surface area contributed by atoms with E-state index in [4.69, 9.17) is 5.73 Å². The first kappa shape index (κ1) is 18.9. The number of rotatable bonds is 7. The Morgan fingerprint density at radius 2 is 2.21 bits per heavy atom. The first-order chi connectivity index (χ1) is 14.0. The highest BCUT2D eigenvalue weighted by atomic mass is 19.3. The summed E-state index contributed by atoms with van der Waals surface area (Å²) in [5, 5.41) is 9.98. The highest BCUT2D eigenvalue weighted by Crippen LogP contribution is 2.33. The minimum Gasteiger partial charge on any atom is -0.353 e. The molecule has 9 nitrogen and oxygen atoms in total. The number of amides is 1. The molecule has 0 unspecified atom stereocenters. The van der Waals surface area contributed by atoms with E-state index in [1.807, 2.05) is 0 Å². The highest BCUT2D eigenvalue weighted by molar-refractivity contribution is 5.98. The molecular weight excluding hydrogens is 382 g/mol. The maximum Gasteiger partial charge on any atom is 0.257 e. The van der Waals surface area contributed by atoms with Crippen molar-refractivity contribution in [1.29, 1.82) is 0 Å². The van der Waals surface area contributed by atoms with Gasteiger partial charge in [-0.1, -0.05) is 0 Å². The second kappa shape index (κ2) is 7.87. The molecule has 1 amide bonds. The molecule has 150 valence electrons. The molecule has 4 heterocycles. The van der Waals surface area contributed by atoms with Crippen LogP contribution in [0.2, 0.25) is 0 Å². The molecule has 29 heavy (non-hydrogen) atoms. The molecule has 4 N–H and O–H groups in total. The largest absolute Gasteiger partial charge is 0.353 e. The van der Waals surface area contributed by atoms with Crippen molar-refractivity contribution in [3.05, 3.63) is 36.3 Å². The zero-order valence-electron chi connectivity index (χ0n) is 15.3. The van der Waals surface area contributed by atoms with E-state index in [1.54, 1.807) is 24.5 Å². The molecule has 4 rings (SSSR count). The van der Waals surface area contributed by atoms with Crippen LogP contribution < -0.4 is 16.4 Å². The number of hydrogen-bond acceptors (Lipinski definition) is 7. The molecule has 0 saturated heterocycles. The van der Waals surface area contributed by atoms with E-state index < -0.39 is 13.0 Å². The standard InChI is InChI=1S/C18H18F2N8O/c19-14(20)9-28-8-12(13-1-3-22-18(25-13)23-4-2-21)16(27-28)11-5-10-6-15(29)26-17(10)24-7-11/h1,3,5,7-8,14H,2,4,6,9,21H2,(H,22,23,25)(H,24,26,29). The van der Waals surface area contributed by atoms with Crippen molar-refractivity contribution in [3.63, 3.8) is 0 Å². The number of alkyl halides is 2. The van der Waals surface area contributed by atoms with Gasteiger partial charge in [-0.3, -0.25) is 9.48 Å². The van der Waals surface area contributed by atoms with Gasteiger partial charge in [-0.15, -0.1) is 0 Å². The van der Waals surface area contributed by atoms with E-state index in [0.29, 0.717) is 47.4 Å². The summed E-state index contributed by atoms with van der Waals surface area (Å²) in [4.78, 5) is 24.4. The van der Waals surface area contributed by atoms with Gasteiger partial charge in [0.2, 0.25) is 11.9 Å². The number of nitrogens with one attached hydrogen (secondary N) is 2. The van der Waals surface area contributed by atoms with E-state index in [-0.39, 0.29) is 12.3 Å². The van der Waals surface area contributed by atoms with Crippen molar-refractivity contribution in [2.45, 2.75) is 19.4 Å². The molecule has 1 aliphatic rings. The molecule has 0 bridgehead atoms. The Bertz CT molecular complexity index is 1050. The topological polar surface area (TPSA) is 124 Å². The van der Waals surface area contributed by atoms with E-state index in [2.05, 4.69) is 30.7 Å². The normalized spacial score (nSPS) is 12.9. The fourth-order valence-electron chi connectivity index (χ4n) is 3.07. The first-order valence-corrected chi connectivity index (χ1v) is 8.95. The van der Waals surface area contributed by atoms with Gasteiger partial charge in [-0.25, -0.2) is 23.7 Å². The number of fused-ring (bicyclic) bond motifs is 1. The van der Waals surface area contributed by atoms with Gasteiger partial charge in [0.1, 0.15) is 18.1 Å². The van der Waals surface area contributed by atoms with Crippen LogP contribution in [0.4, 0.5) is 20.5 Å². The van der Waals surface area contributed by atoms with Crippen LogP contribution in [0.15, 0.2) is 30.7 Å². The maximum atomic E-state index is 12.9. The molecule has 0 aromatic carbocycles. The first-order valence-electron chi connectivity index (χ1n) is 8.95. The molecule has 0 spiro atoms. The van der Waals surface area contributed by atoms with Gasteiger partial charge in [-0.05, 0) is 12.1 Å². The van der Waals surface area contributed by atoms with Crippen molar-refractivity contribution in [1.82, 2.24) is 24.7 Å². The summed E-state index contributed by atoms with van der Waals surface area (Å²) in [7, 11) is 0. The number of nitrogens with zero attached hydrogens (tertiary/aromatic N) is 5. The Hall–Kier alpha value is -3.47. The third-order valence-electron chi connectivity index (χ3n) is 4.29. The number of carbonyl (C=O) groups is 1. The molecule has 3 aromatic rings. The molecule has 11 heteroatoms. The van der Waals surface area contributed by atoms with Gasteiger partial charge in [0, 0.05) is 48.4 Å². The van der Waals surface area contributed by atoms with Crippen LogP contribution in [0.25, 0.3) is 22.5 Å². The molecule has 1 aliphatic heterocycles. The summed E-state index contributed by atoms with van der Waals surface area (Å²) in [5.74, 6) is 0.740. The fourth-order valence-corrected chi connectivity index (χ4v) is 3.07. The minimum absolute atomic E-state index is 0.139. The Balaban J connectivity index is 1.77. The number of carbonyl (C=O) groups excluding carboxylic acids is 1. The third-order valence-corrected chi connectivity index (χ3v) is 4.29. The van der Waals surface area contributed by atoms with Crippen LogP contribution in [0.3, 0.4) is 0 Å². The summed E-state index contributed by atoms with van der Waals surface area (Å²) in [6.45, 7) is 0.365. The monoisotopic (exact) mass is 400 g/mol. The quantitative estimate of drug-likeness (QED) is 0.549. The molecule has 0 fully saturated rings. The molecular formula is C18H18F2N8O. The average molecular weight is 400 g/mol. The van der Waals surface area contributed by atoms with Crippen molar-refractivity contribution >= 4 is 17.7 Å². The average Bonchev–Trinajstić information content (AvgIpc) is 3.27. The Morgan fingerprint density at radius 3 is 3.00 bits per heavy atom. The van der Waals surface area contributed by atoms with Gasteiger partial charge in [0.25, 0.3) is 6.43 Å². The van der Waals surface area contributed by atoms with Crippen molar-refractivity contribution < 1.29 is 13.6 Å². The van der Waals surface area contributed by atoms with Crippen LogP contribution in [0.1, 0.15) is 5.56 Å². The number of pyridine rings is 1. The van der Waals surface area contributed by atoms with Crippen LogP contribution in [0.5, 0.6) is 0 Å². The molecule has 3 aromatic heterocycles. The lowest BCUT2D eigenvalue weighted by Crippen LogP contribution is -2.14. The zero-order chi connectivity index (χ0) is 20.4. The number of halogens is 2. The SMILES string of the molecule is NCCNc1nccc(-c2cn(CC(F)F)nc2-c2cnc3c(c2)CC(=O)N3)n1. The Morgan fingerprint density at radius 1 is 1.34 bits per heavy atom. The lowest BCUT2D eigenvalue weighted by Gasteiger charge is -2.06. The van der Waals surface area contributed by atoms with Crippen molar-refractivity contribution in [2.75, 3.05) is 23.7 Å². The van der Waals surface area contributed by atoms with Crippen molar-refractivity contribution in [3.8, 4) is 22.5 Å². The fraction of sp³-hybridized carbons (Fsp3) is 0.278. The lowest BCUT2D eigenvalue weighted by molar-refractivity contribution is -0.115. The number of aromatic nitrogens is 5. The van der Waals surface area contributed by atoms with E-state index in [9.17, 15) is 13.6 Å². The van der Waals surface area contributed by atoms with Crippen LogP contribution in [-0.2, 0) is 17.8 Å². The summed E-state index contributed by atoms with van der Waals surface area (Å²) < 4.78 is 27.0. The van der Waals surface area contributed by atoms with E-state index in [1.165, 1.54) is 10.9 Å². The minimum atomic E-state index is -2.55. The van der Waals surface area contributed by atoms with Gasteiger partial charge < -0.3 is 16.4 Å². The van der Waals surface area contributed by atoms with E-state index >= 15 is 0 Å². The number of anilines is 2. The zero-order valence-corrected chi connectivity index (χ0v) is 15.3. The summed E-state index contributed by atoms with van der Waals surface area (Å²) in [6.07, 6.45) is 2.30. The molecule has 0 aliphatic carbocycles. The lowest BCUT2D eigenvalue weighted by atomic mass is 10.1. The van der Waals surface area contributed by atoms with Gasteiger partial charge >= 0.3 is 0 Å². The van der Waals surface area contributed by atoms with Crippen LogP contribution in [0, 0.1) is 0 Å². The van der Waals surface area contributed by atoms with E-state index in [0.717, 1.165) is 5.56 Å². The highest BCUT2D eigenvalue weighted by Gasteiger charge is 2.22. The summed E-state index contributed by atoms with van der Waals surface area (Å²) in [5.41, 5.74) is 8.36. The second-order valence-corrected chi connectivity index (χ2v) is 6.44. The van der Waals surface area contributed by atoms with Gasteiger partial charge in [0.15, 0.2) is 0 Å². The summed E-state index contributed by atoms with van der Waals surface area (Å²) in [6, 6.07) is 3.46. The number of hydrogen-bond donors (Lipinski definition) is 3. The Labute approximate surface area is 164 Å². The molecule has 0 atom stereocenters. The molecule has 0 radical (unpaired) electrons. The summed E-state index contributed by atoms with van der Waals surface area (Å²) >= 11 is 0. The molecule has 0 saturated carbocycles. The third kappa shape index (κ3) is 4.04. The predicted molar refractivity (Wildman–Crippen MR) is 102 cm³/mol. The van der Waals surface area contributed by atoms with Crippen molar-refractivity contribution in [2.24, 2.45) is 5.73 Å². The van der Waals surface area contributed by atoms with Gasteiger partial charge in [0.05, 0.1) is 12.1 Å². The Kier molecular flexibility index (Phi) is 5.12. The second-order valence-electron chi connectivity index (χ2n) is 6.44. The maximum absolute atomic E-state index is 12.9. The predicted octanol–water partition coefficient (Wildman–Crippen LogP) is 1.53. The van der Waals surface area contributed by atoms with Crippen LogP contribution in [-0.4, -0.2) is 50.2 Å². The van der Waals surface area contributed by atoms with Gasteiger partial charge in [-0.2, -0.15) is 5.10 Å². The smallest absolute Gasteiger partial charge is 0.257 e.